The van der Waals surface area contributed by atoms with Crippen LogP contribution < -0.4 is 5.43 Å². The molecule has 0 unspecified atom stereocenters. The predicted octanol–water partition coefficient (Wildman–Crippen LogP) is 5.27. The average molecular weight is 528 g/mol. The minimum Gasteiger partial charge on any atom is -0.338 e. The third-order valence-corrected chi connectivity index (χ3v) is 8.52. The molecule has 1 aliphatic carbocycles. The minimum absolute atomic E-state index is 0.0124. The van der Waals surface area contributed by atoms with E-state index in [1.807, 2.05) is 30.2 Å². The maximum atomic E-state index is 12.0. The number of aryl methyl sites for hydroxylation is 1. The Morgan fingerprint density at radius 3 is 2.76 bits per heavy atom. The number of hydrazone groups is 1. The highest BCUT2D eigenvalue weighted by Gasteiger charge is 2.54. The van der Waals surface area contributed by atoms with Gasteiger partial charge in [0.15, 0.2) is 0 Å². The fraction of sp³-hybridized carbons (Fsp3) is 0.310. The molecule has 9 heteroatoms. The average Bonchev–Trinajstić information content (AvgIpc) is 3.47. The molecule has 1 amide bonds. The molecule has 38 heavy (non-hydrogen) atoms. The standard InChI is InChI=1S/C29H30ClN7O/c1-5-24(38)36-15-29(16-36)11-22(12-29)37-18(3)25(26-20(13-32-31-4)7-6-17(2)27(26)30)28(35-37)19-8-9-23-21(10-19)14-33-34-23/h5-10,13-14,22,31H,1,11-12,15-16H2,2-4H3,(H,33,34)/b32-13-. The molecule has 2 aromatic heterocycles. The minimum atomic E-state index is 0.0124. The second-order valence-corrected chi connectivity index (χ2v) is 10.9. The highest BCUT2D eigenvalue weighted by atomic mass is 35.5. The van der Waals surface area contributed by atoms with Gasteiger partial charge in [0.2, 0.25) is 5.91 Å². The van der Waals surface area contributed by atoms with Crippen molar-refractivity contribution >= 4 is 34.6 Å². The summed E-state index contributed by atoms with van der Waals surface area (Å²) in [5, 5.41) is 18.5. The van der Waals surface area contributed by atoms with Gasteiger partial charge in [-0.25, -0.2) is 0 Å². The van der Waals surface area contributed by atoms with Crippen molar-refractivity contribution in [3.63, 3.8) is 0 Å². The molecule has 2 N–H and O–H groups in total. The number of carbonyl (C=O) groups is 1. The molecular formula is C29H30ClN7O. The summed E-state index contributed by atoms with van der Waals surface area (Å²) in [4.78, 5) is 13.9. The molecule has 194 valence electrons. The molecule has 1 saturated heterocycles. The van der Waals surface area contributed by atoms with Crippen molar-refractivity contribution in [1.82, 2.24) is 30.3 Å². The summed E-state index contributed by atoms with van der Waals surface area (Å²) in [6.45, 7) is 9.34. The number of carbonyl (C=O) groups excluding carboxylic acids is 1. The van der Waals surface area contributed by atoms with Crippen LogP contribution >= 0.6 is 11.6 Å². The number of nitrogens with one attached hydrogen (secondary N) is 2. The van der Waals surface area contributed by atoms with Crippen LogP contribution in [0, 0.1) is 19.3 Å². The van der Waals surface area contributed by atoms with Gasteiger partial charge in [-0.2, -0.15) is 15.3 Å². The van der Waals surface area contributed by atoms with Crippen molar-refractivity contribution in [3.05, 3.63) is 71.0 Å². The number of aromatic amines is 1. The summed E-state index contributed by atoms with van der Waals surface area (Å²) >= 11 is 7.01. The fourth-order valence-electron chi connectivity index (χ4n) is 6.08. The van der Waals surface area contributed by atoms with Crippen molar-refractivity contribution in [2.75, 3.05) is 20.1 Å². The first-order valence-corrected chi connectivity index (χ1v) is 13.1. The van der Waals surface area contributed by atoms with Crippen molar-refractivity contribution in [2.45, 2.75) is 32.7 Å². The van der Waals surface area contributed by atoms with E-state index in [1.165, 1.54) is 6.08 Å². The summed E-state index contributed by atoms with van der Waals surface area (Å²) in [7, 11) is 1.78. The van der Waals surface area contributed by atoms with Gasteiger partial charge in [0, 0.05) is 58.9 Å². The number of nitrogens with zero attached hydrogens (tertiary/aromatic N) is 5. The van der Waals surface area contributed by atoms with E-state index in [0.29, 0.717) is 5.02 Å². The Balaban J connectivity index is 1.46. The topological polar surface area (TPSA) is 91.2 Å². The largest absolute Gasteiger partial charge is 0.338 e. The first-order valence-electron chi connectivity index (χ1n) is 12.8. The number of fused-ring (bicyclic) bond motifs is 1. The lowest BCUT2D eigenvalue weighted by Gasteiger charge is -2.58. The quantitative estimate of drug-likeness (QED) is 0.203. The van der Waals surface area contributed by atoms with Gasteiger partial charge >= 0.3 is 0 Å². The number of rotatable bonds is 6. The highest BCUT2D eigenvalue weighted by molar-refractivity contribution is 6.35. The van der Waals surface area contributed by atoms with E-state index < -0.39 is 0 Å². The summed E-state index contributed by atoms with van der Waals surface area (Å²) in [6.07, 6.45) is 7.02. The van der Waals surface area contributed by atoms with E-state index >= 15 is 0 Å². The van der Waals surface area contributed by atoms with Crippen LogP contribution in [0.3, 0.4) is 0 Å². The van der Waals surface area contributed by atoms with Crippen LogP contribution in [0.4, 0.5) is 0 Å². The SMILES string of the molecule is C=CC(=O)N1CC2(CC(n3nc(-c4ccc5[nH]ncc5c4)c(-c4c(/C=N\NC)ccc(C)c4Cl)c3C)C2)C1. The van der Waals surface area contributed by atoms with E-state index in [4.69, 9.17) is 16.7 Å². The van der Waals surface area contributed by atoms with Crippen LogP contribution in [0.5, 0.6) is 0 Å². The van der Waals surface area contributed by atoms with Crippen molar-refractivity contribution < 1.29 is 4.79 Å². The molecule has 1 spiro atoms. The lowest BCUT2D eigenvalue weighted by Crippen LogP contribution is -2.63. The number of amides is 1. The Labute approximate surface area is 226 Å². The number of aromatic nitrogens is 4. The number of hydrogen-bond donors (Lipinski definition) is 2. The van der Waals surface area contributed by atoms with Crippen LogP contribution in [-0.4, -0.2) is 57.1 Å². The van der Waals surface area contributed by atoms with Crippen LogP contribution in [-0.2, 0) is 4.79 Å². The van der Waals surface area contributed by atoms with E-state index in [2.05, 4.69) is 57.1 Å². The number of halogens is 1. The molecule has 2 aromatic carbocycles. The normalized spacial score (nSPS) is 16.7. The van der Waals surface area contributed by atoms with Crippen LogP contribution in [0.25, 0.3) is 33.3 Å². The Morgan fingerprint density at radius 1 is 1.24 bits per heavy atom. The van der Waals surface area contributed by atoms with Crippen molar-refractivity contribution in [3.8, 4) is 22.4 Å². The second kappa shape index (κ2) is 9.13. The van der Waals surface area contributed by atoms with Gasteiger partial charge in [-0.3, -0.25) is 14.6 Å². The lowest BCUT2D eigenvalue weighted by atomic mass is 9.60. The maximum absolute atomic E-state index is 12.0. The molecule has 2 fully saturated rings. The Bertz CT molecular complexity index is 1600. The first kappa shape index (κ1) is 24.4. The smallest absolute Gasteiger partial charge is 0.245 e. The monoisotopic (exact) mass is 527 g/mol. The fourth-order valence-corrected chi connectivity index (χ4v) is 6.34. The predicted molar refractivity (Wildman–Crippen MR) is 151 cm³/mol. The van der Waals surface area contributed by atoms with Crippen LogP contribution in [0.2, 0.25) is 5.02 Å². The molecule has 1 saturated carbocycles. The van der Waals surface area contributed by atoms with Crippen LogP contribution in [0.1, 0.15) is 35.7 Å². The van der Waals surface area contributed by atoms with Gasteiger partial charge in [-0.05, 0) is 50.5 Å². The van der Waals surface area contributed by atoms with E-state index in [0.717, 1.165) is 76.0 Å². The number of likely N-dealkylation sites (tertiary alicyclic amines) is 1. The summed E-state index contributed by atoms with van der Waals surface area (Å²) in [5.74, 6) is 0.0124. The molecule has 6 rings (SSSR count). The molecule has 2 aliphatic rings. The molecule has 3 heterocycles. The maximum Gasteiger partial charge on any atom is 0.245 e. The van der Waals surface area contributed by atoms with Gasteiger partial charge in [-0.1, -0.05) is 36.4 Å². The van der Waals surface area contributed by atoms with E-state index in [1.54, 1.807) is 13.3 Å². The zero-order chi connectivity index (χ0) is 26.6. The number of benzene rings is 2. The molecule has 4 aromatic rings. The molecule has 0 atom stereocenters. The lowest BCUT2D eigenvalue weighted by molar-refractivity contribution is -0.149. The molecule has 0 radical (unpaired) electrons. The summed E-state index contributed by atoms with van der Waals surface area (Å²) in [6, 6.07) is 10.6. The Kier molecular flexibility index (Phi) is 5.87. The number of hydrogen-bond acceptors (Lipinski definition) is 5. The highest BCUT2D eigenvalue weighted by Crippen LogP contribution is 2.55. The Morgan fingerprint density at radius 2 is 2.03 bits per heavy atom. The third-order valence-electron chi connectivity index (χ3n) is 8.04. The van der Waals surface area contributed by atoms with E-state index in [9.17, 15) is 4.79 Å². The third kappa shape index (κ3) is 3.82. The molecular weight excluding hydrogens is 498 g/mol. The van der Waals surface area contributed by atoms with Gasteiger partial charge in [0.1, 0.15) is 5.69 Å². The zero-order valence-electron chi connectivity index (χ0n) is 21.8. The van der Waals surface area contributed by atoms with Gasteiger partial charge < -0.3 is 10.3 Å². The van der Waals surface area contributed by atoms with Gasteiger partial charge in [0.05, 0.1) is 29.0 Å². The molecule has 1 aliphatic heterocycles. The van der Waals surface area contributed by atoms with Crippen LogP contribution in [0.15, 0.2) is 54.3 Å². The van der Waals surface area contributed by atoms with Crippen molar-refractivity contribution in [2.24, 2.45) is 10.5 Å². The van der Waals surface area contributed by atoms with Gasteiger partial charge in [0.25, 0.3) is 0 Å². The number of H-pyrrole nitrogens is 1. The summed E-state index contributed by atoms with van der Waals surface area (Å²) < 4.78 is 2.17. The second-order valence-electron chi connectivity index (χ2n) is 10.5. The van der Waals surface area contributed by atoms with Gasteiger partial charge in [-0.15, -0.1) is 0 Å². The Hall–Kier alpha value is -3.91. The first-order chi connectivity index (χ1) is 18.3. The summed E-state index contributed by atoms with van der Waals surface area (Å²) in [5.41, 5.74) is 10.8. The van der Waals surface area contributed by atoms with Crippen molar-refractivity contribution in [1.29, 1.82) is 0 Å². The zero-order valence-corrected chi connectivity index (χ0v) is 22.5. The molecule has 8 nitrogen and oxygen atoms in total. The van der Waals surface area contributed by atoms with E-state index in [-0.39, 0.29) is 17.4 Å². The molecule has 0 bridgehead atoms.